The van der Waals surface area contributed by atoms with Gasteiger partial charge in [-0.05, 0) is 32.0 Å². The zero-order valence-corrected chi connectivity index (χ0v) is 13.0. The van der Waals surface area contributed by atoms with E-state index in [1.165, 1.54) is 0 Å². The second kappa shape index (κ2) is 6.28. The van der Waals surface area contributed by atoms with Gasteiger partial charge < -0.3 is 5.32 Å². The molecular formula is C16H18N4S. The molecule has 0 amide bonds. The third-order valence-electron chi connectivity index (χ3n) is 3.39. The van der Waals surface area contributed by atoms with E-state index in [0.29, 0.717) is 0 Å². The van der Waals surface area contributed by atoms with E-state index in [-0.39, 0.29) is 6.04 Å². The summed E-state index contributed by atoms with van der Waals surface area (Å²) in [6.07, 6.45) is 2.95. The number of para-hydroxylation sites is 1. The van der Waals surface area contributed by atoms with Crippen molar-refractivity contribution in [3.63, 3.8) is 0 Å². The fraction of sp³-hybridized carbons (Fsp3) is 0.312. The number of fused-ring (bicyclic) bond motifs is 1. The van der Waals surface area contributed by atoms with Crippen molar-refractivity contribution in [2.75, 3.05) is 6.54 Å². The summed E-state index contributed by atoms with van der Waals surface area (Å²) in [6.45, 7) is 5.28. The summed E-state index contributed by atoms with van der Waals surface area (Å²) in [6, 6.07) is 10.4. The van der Waals surface area contributed by atoms with Gasteiger partial charge in [0.2, 0.25) is 0 Å². The monoisotopic (exact) mass is 298 g/mol. The van der Waals surface area contributed by atoms with E-state index in [0.717, 1.165) is 39.4 Å². The zero-order valence-electron chi connectivity index (χ0n) is 12.2. The van der Waals surface area contributed by atoms with Crippen LogP contribution in [0.25, 0.3) is 21.5 Å². The molecule has 1 aromatic carbocycles. The molecule has 108 valence electrons. The number of rotatable bonds is 5. The highest BCUT2D eigenvalue weighted by atomic mass is 32.1. The molecule has 3 aromatic rings. The van der Waals surface area contributed by atoms with Crippen LogP contribution in [0, 0.1) is 0 Å². The van der Waals surface area contributed by atoms with E-state index >= 15 is 0 Å². The summed E-state index contributed by atoms with van der Waals surface area (Å²) in [5.74, 6) is 0. The van der Waals surface area contributed by atoms with Crippen LogP contribution in [-0.2, 0) is 0 Å². The van der Waals surface area contributed by atoms with Crippen molar-refractivity contribution in [3.8, 4) is 10.6 Å². The summed E-state index contributed by atoms with van der Waals surface area (Å²) in [7, 11) is 0. The van der Waals surface area contributed by atoms with Crippen LogP contribution >= 0.6 is 11.3 Å². The second-order valence-corrected chi connectivity index (χ2v) is 6.01. The average Bonchev–Trinajstić information content (AvgIpc) is 3.02. The van der Waals surface area contributed by atoms with Gasteiger partial charge in [-0.3, -0.25) is 4.98 Å². The third-order valence-corrected chi connectivity index (χ3v) is 4.53. The molecular weight excluding hydrogens is 280 g/mol. The predicted molar refractivity (Wildman–Crippen MR) is 87.4 cm³/mol. The first kappa shape index (κ1) is 14.1. The smallest absolute Gasteiger partial charge is 0.148 e. The quantitative estimate of drug-likeness (QED) is 0.778. The maximum absolute atomic E-state index is 4.39. The Bertz CT molecular complexity index is 732. The molecule has 0 saturated carbocycles. The molecule has 1 N–H and O–H groups in total. The lowest BCUT2D eigenvalue weighted by atomic mass is 10.1. The number of hydrogen-bond acceptors (Lipinski definition) is 5. The molecule has 0 bridgehead atoms. The molecule has 0 saturated heterocycles. The minimum absolute atomic E-state index is 0.240. The van der Waals surface area contributed by atoms with E-state index < -0.39 is 0 Å². The van der Waals surface area contributed by atoms with E-state index in [9.17, 15) is 0 Å². The summed E-state index contributed by atoms with van der Waals surface area (Å²) in [4.78, 5) is 4.39. The van der Waals surface area contributed by atoms with Gasteiger partial charge in [0.25, 0.3) is 0 Å². The van der Waals surface area contributed by atoms with Crippen LogP contribution in [0.15, 0.2) is 36.5 Å². The fourth-order valence-electron chi connectivity index (χ4n) is 2.25. The van der Waals surface area contributed by atoms with Gasteiger partial charge in [0.1, 0.15) is 10.0 Å². The second-order valence-electron chi connectivity index (χ2n) is 5.00. The summed E-state index contributed by atoms with van der Waals surface area (Å²) in [5, 5.41) is 15.3. The minimum atomic E-state index is 0.240. The molecule has 1 unspecified atom stereocenters. The highest BCUT2D eigenvalue weighted by Gasteiger charge is 2.14. The zero-order chi connectivity index (χ0) is 14.7. The van der Waals surface area contributed by atoms with Crippen molar-refractivity contribution in [2.24, 2.45) is 0 Å². The first-order chi connectivity index (χ1) is 10.3. The Kier molecular flexibility index (Phi) is 4.22. The molecule has 0 aliphatic heterocycles. The lowest BCUT2D eigenvalue weighted by molar-refractivity contribution is 0.564. The van der Waals surface area contributed by atoms with Crippen LogP contribution < -0.4 is 5.32 Å². The summed E-state index contributed by atoms with van der Waals surface area (Å²) in [5.41, 5.74) is 2.09. The van der Waals surface area contributed by atoms with Crippen LogP contribution in [0.2, 0.25) is 0 Å². The highest BCUT2D eigenvalue weighted by Crippen LogP contribution is 2.31. The van der Waals surface area contributed by atoms with Crippen molar-refractivity contribution < 1.29 is 0 Å². The summed E-state index contributed by atoms with van der Waals surface area (Å²) < 4.78 is 0. The van der Waals surface area contributed by atoms with Crippen molar-refractivity contribution >= 4 is 22.2 Å². The molecule has 0 fully saturated rings. The molecule has 0 radical (unpaired) electrons. The van der Waals surface area contributed by atoms with Crippen molar-refractivity contribution in [1.82, 2.24) is 20.5 Å². The Labute approximate surface area is 128 Å². The standard InChI is InChI=1S/C16H18N4S/c1-3-9-17-11(2)15-19-20-16(21-15)13-8-10-18-14-7-5-4-6-12(13)14/h4-8,10-11,17H,3,9H2,1-2H3. The number of aromatic nitrogens is 3. The maximum atomic E-state index is 4.39. The Morgan fingerprint density at radius 2 is 2.05 bits per heavy atom. The van der Waals surface area contributed by atoms with Crippen molar-refractivity contribution in [3.05, 3.63) is 41.5 Å². The normalized spacial score (nSPS) is 12.7. The molecule has 0 aliphatic rings. The first-order valence-electron chi connectivity index (χ1n) is 7.20. The number of nitrogens with zero attached hydrogens (tertiary/aromatic N) is 3. The van der Waals surface area contributed by atoms with E-state index in [1.54, 1.807) is 11.3 Å². The topological polar surface area (TPSA) is 50.7 Å². The van der Waals surface area contributed by atoms with Gasteiger partial charge in [-0.25, -0.2) is 0 Å². The number of pyridine rings is 1. The number of hydrogen-bond donors (Lipinski definition) is 1. The van der Waals surface area contributed by atoms with Crippen LogP contribution in [0.1, 0.15) is 31.3 Å². The Morgan fingerprint density at radius 3 is 2.90 bits per heavy atom. The molecule has 3 rings (SSSR count). The number of benzene rings is 1. The highest BCUT2D eigenvalue weighted by molar-refractivity contribution is 7.14. The van der Waals surface area contributed by atoms with Gasteiger partial charge in [-0.15, -0.1) is 10.2 Å². The lowest BCUT2D eigenvalue weighted by Crippen LogP contribution is -2.18. The van der Waals surface area contributed by atoms with Gasteiger partial charge in [-0.1, -0.05) is 36.5 Å². The largest absolute Gasteiger partial charge is 0.308 e. The molecule has 1 atom stereocenters. The van der Waals surface area contributed by atoms with Gasteiger partial charge in [0.05, 0.1) is 11.6 Å². The van der Waals surface area contributed by atoms with E-state index in [4.69, 9.17) is 0 Å². The predicted octanol–water partition coefficient (Wildman–Crippen LogP) is 3.81. The van der Waals surface area contributed by atoms with Crippen LogP contribution in [0.4, 0.5) is 0 Å². The van der Waals surface area contributed by atoms with Gasteiger partial charge in [0.15, 0.2) is 0 Å². The van der Waals surface area contributed by atoms with Crippen molar-refractivity contribution in [1.29, 1.82) is 0 Å². The van der Waals surface area contributed by atoms with Gasteiger partial charge >= 0.3 is 0 Å². The fourth-order valence-corrected chi connectivity index (χ4v) is 3.16. The summed E-state index contributed by atoms with van der Waals surface area (Å²) >= 11 is 1.65. The molecule has 5 heteroatoms. The van der Waals surface area contributed by atoms with Crippen LogP contribution in [-0.4, -0.2) is 21.7 Å². The van der Waals surface area contributed by atoms with E-state index in [2.05, 4.69) is 40.4 Å². The Morgan fingerprint density at radius 1 is 1.19 bits per heavy atom. The SMILES string of the molecule is CCCNC(C)c1nnc(-c2ccnc3ccccc23)s1. The van der Waals surface area contributed by atoms with Crippen molar-refractivity contribution in [2.45, 2.75) is 26.3 Å². The maximum Gasteiger partial charge on any atom is 0.148 e. The molecule has 0 spiro atoms. The Balaban J connectivity index is 1.95. The number of nitrogens with one attached hydrogen (secondary N) is 1. The first-order valence-corrected chi connectivity index (χ1v) is 8.02. The lowest BCUT2D eigenvalue weighted by Gasteiger charge is -2.08. The molecule has 21 heavy (non-hydrogen) atoms. The minimum Gasteiger partial charge on any atom is -0.308 e. The molecule has 2 aromatic heterocycles. The Hall–Kier alpha value is -1.85. The van der Waals surface area contributed by atoms with Gasteiger partial charge in [-0.2, -0.15) is 0 Å². The third kappa shape index (κ3) is 2.94. The van der Waals surface area contributed by atoms with E-state index in [1.807, 2.05) is 30.5 Å². The van der Waals surface area contributed by atoms with Crippen LogP contribution in [0.5, 0.6) is 0 Å². The molecule has 0 aliphatic carbocycles. The van der Waals surface area contributed by atoms with Crippen LogP contribution in [0.3, 0.4) is 0 Å². The van der Waals surface area contributed by atoms with Gasteiger partial charge in [0, 0.05) is 17.1 Å². The molecule has 4 nitrogen and oxygen atoms in total. The average molecular weight is 298 g/mol. The molecule has 2 heterocycles.